The lowest BCUT2D eigenvalue weighted by atomic mass is 9.99. The van der Waals surface area contributed by atoms with Crippen molar-refractivity contribution in [3.8, 4) is 5.69 Å². The molecule has 0 bridgehead atoms. The van der Waals surface area contributed by atoms with E-state index in [1.165, 1.54) is 11.8 Å². The SMILES string of the molecule is CCc1ccccc1C(N)CNc1nc2c(cnn2-c2ccccc2)c(=O)[nH]1. The zero-order chi connectivity index (χ0) is 19.5. The Hall–Kier alpha value is -3.45. The topological polar surface area (TPSA) is 102 Å². The first-order chi connectivity index (χ1) is 13.7. The minimum Gasteiger partial charge on any atom is -0.354 e. The highest BCUT2D eigenvalue weighted by molar-refractivity contribution is 5.76. The third-order valence-corrected chi connectivity index (χ3v) is 4.76. The number of benzene rings is 2. The number of para-hydroxylation sites is 1. The Balaban J connectivity index is 1.62. The Morgan fingerprint density at radius 3 is 2.68 bits per heavy atom. The summed E-state index contributed by atoms with van der Waals surface area (Å²) >= 11 is 0. The second-order valence-electron chi connectivity index (χ2n) is 6.58. The smallest absolute Gasteiger partial charge is 0.263 e. The summed E-state index contributed by atoms with van der Waals surface area (Å²) in [6.07, 6.45) is 2.45. The molecule has 28 heavy (non-hydrogen) atoms. The van der Waals surface area contributed by atoms with E-state index >= 15 is 0 Å². The largest absolute Gasteiger partial charge is 0.354 e. The first-order valence-electron chi connectivity index (χ1n) is 9.28. The highest BCUT2D eigenvalue weighted by atomic mass is 16.1. The van der Waals surface area contributed by atoms with Gasteiger partial charge in [0.2, 0.25) is 5.95 Å². The van der Waals surface area contributed by atoms with E-state index in [0.717, 1.165) is 17.7 Å². The molecule has 4 rings (SSSR count). The Bertz CT molecular complexity index is 1150. The Morgan fingerprint density at radius 1 is 1.14 bits per heavy atom. The summed E-state index contributed by atoms with van der Waals surface area (Å²) in [5.74, 6) is 0.375. The van der Waals surface area contributed by atoms with Crippen molar-refractivity contribution in [2.45, 2.75) is 19.4 Å². The van der Waals surface area contributed by atoms with Crippen molar-refractivity contribution in [3.63, 3.8) is 0 Å². The van der Waals surface area contributed by atoms with E-state index in [4.69, 9.17) is 5.73 Å². The molecule has 0 amide bonds. The van der Waals surface area contributed by atoms with Gasteiger partial charge in [-0.25, -0.2) is 4.68 Å². The quantitative estimate of drug-likeness (QED) is 0.482. The van der Waals surface area contributed by atoms with Gasteiger partial charge in [-0.05, 0) is 29.7 Å². The molecule has 0 saturated heterocycles. The molecule has 0 aliphatic rings. The minimum absolute atomic E-state index is 0.212. The summed E-state index contributed by atoms with van der Waals surface area (Å²) in [4.78, 5) is 19.8. The third-order valence-electron chi connectivity index (χ3n) is 4.76. The molecule has 2 aromatic heterocycles. The van der Waals surface area contributed by atoms with Crippen molar-refractivity contribution in [1.82, 2.24) is 19.7 Å². The van der Waals surface area contributed by atoms with Crippen molar-refractivity contribution in [2.75, 3.05) is 11.9 Å². The molecule has 0 aliphatic heterocycles. The fraction of sp³-hybridized carbons (Fsp3) is 0.190. The third kappa shape index (κ3) is 3.39. The number of hydrogen-bond acceptors (Lipinski definition) is 5. The Labute approximate surface area is 162 Å². The average molecular weight is 374 g/mol. The average Bonchev–Trinajstić information content (AvgIpc) is 3.17. The van der Waals surface area contributed by atoms with Gasteiger partial charge >= 0.3 is 0 Å². The summed E-state index contributed by atoms with van der Waals surface area (Å²) < 4.78 is 1.65. The number of nitrogens with one attached hydrogen (secondary N) is 2. The summed E-state index contributed by atoms with van der Waals surface area (Å²) in [7, 11) is 0. The predicted octanol–water partition coefficient (Wildman–Crippen LogP) is 2.78. The summed E-state index contributed by atoms with van der Waals surface area (Å²) in [5.41, 5.74) is 9.79. The Morgan fingerprint density at radius 2 is 1.89 bits per heavy atom. The maximum absolute atomic E-state index is 12.4. The van der Waals surface area contributed by atoms with Crippen LogP contribution in [0.15, 0.2) is 65.6 Å². The van der Waals surface area contributed by atoms with Gasteiger partial charge in [0.25, 0.3) is 5.56 Å². The lowest BCUT2D eigenvalue weighted by Gasteiger charge is -2.16. The molecule has 0 radical (unpaired) electrons. The van der Waals surface area contributed by atoms with Gasteiger partial charge in [-0.3, -0.25) is 9.78 Å². The van der Waals surface area contributed by atoms with E-state index in [-0.39, 0.29) is 11.6 Å². The number of nitrogens with two attached hydrogens (primary N) is 1. The van der Waals surface area contributed by atoms with Crippen LogP contribution in [0.4, 0.5) is 5.95 Å². The van der Waals surface area contributed by atoms with E-state index in [1.54, 1.807) is 4.68 Å². The van der Waals surface area contributed by atoms with Gasteiger partial charge in [-0.2, -0.15) is 10.1 Å². The predicted molar refractivity (Wildman–Crippen MR) is 111 cm³/mol. The molecule has 0 spiro atoms. The maximum atomic E-state index is 12.4. The number of H-pyrrole nitrogens is 1. The molecule has 7 nitrogen and oxygen atoms in total. The van der Waals surface area contributed by atoms with E-state index < -0.39 is 0 Å². The monoisotopic (exact) mass is 374 g/mol. The number of rotatable bonds is 6. The summed E-state index contributed by atoms with van der Waals surface area (Å²) in [6.45, 7) is 2.56. The molecule has 0 saturated carbocycles. The van der Waals surface area contributed by atoms with Gasteiger partial charge in [0.15, 0.2) is 5.65 Å². The van der Waals surface area contributed by atoms with E-state index in [0.29, 0.717) is 23.5 Å². The van der Waals surface area contributed by atoms with Crippen LogP contribution in [-0.4, -0.2) is 26.3 Å². The molecular weight excluding hydrogens is 352 g/mol. The van der Waals surface area contributed by atoms with Crippen molar-refractivity contribution in [2.24, 2.45) is 5.73 Å². The summed E-state index contributed by atoms with van der Waals surface area (Å²) in [5, 5.41) is 7.92. The fourth-order valence-electron chi connectivity index (χ4n) is 3.29. The summed E-state index contributed by atoms with van der Waals surface area (Å²) in [6, 6.07) is 17.5. The number of aromatic amines is 1. The van der Waals surface area contributed by atoms with Crippen LogP contribution in [0.25, 0.3) is 16.7 Å². The lowest BCUT2D eigenvalue weighted by molar-refractivity contribution is 0.746. The van der Waals surface area contributed by atoms with Gasteiger partial charge in [0.1, 0.15) is 5.39 Å². The standard InChI is InChI=1S/C21H22N6O/c1-2-14-8-6-7-11-16(14)18(22)13-23-21-25-19-17(20(28)26-21)12-24-27(19)15-9-4-3-5-10-15/h3-12,18H,2,13,22H2,1H3,(H2,23,25,26,28). The highest BCUT2D eigenvalue weighted by Gasteiger charge is 2.13. The Kier molecular flexibility index (Phi) is 4.90. The van der Waals surface area contributed by atoms with Crippen molar-refractivity contribution >= 4 is 17.0 Å². The molecule has 7 heteroatoms. The van der Waals surface area contributed by atoms with Crippen molar-refractivity contribution in [1.29, 1.82) is 0 Å². The van der Waals surface area contributed by atoms with Gasteiger partial charge in [-0.15, -0.1) is 0 Å². The van der Waals surface area contributed by atoms with Crippen LogP contribution in [-0.2, 0) is 6.42 Å². The van der Waals surface area contributed by atoms with E-state index in [1.807, 2.05) is 48.5 Å². The van der Waals surface area contributed by atoms with Crippen LogP contribution in [0.5, 0.6) is 0 Å². The van der Waals surface area contributed by atoms with Crippen molar-refractivity contribution < 1.29 is 0 Å². The fourth-order valence-corrected chi connectivity index (χ4v) is 3.29. The zero-order valence-electron chi connectivity index (χ0n) is 15.6. The lowest BCUT2D eigenvalue weighted by Crippen LogP contribution is -2.24. The zero-order valence-corrected chi connectivity index (χ0v) is 15.6. The molecular formula is C21H22N6O. The molecule has 4 aromatic rings. The van der Waals surface area contributed by atoms with Crippen LogP contribution in [0.1, 0.15) is 24.1 Å². The first kappa shape index (κ1) is 17.9. The number of fused-ring (bicyclic) bond motifs is 1. The molecule has 1 atom stereocenters. The first-order valence-corrected chi connectivity index (χ1v) is 9.28. The van der Waals surface area contributed by atoms with Crippen LogP contribution in [0.3, 0.4) is 0 Å². The van der Waals surface area contributed by atoms with Crippen LogP contribution in [0.2, 0.25) is 0 Å². The number of anilines is 1. The number of hydrogen-bond donors (Lipinski definition) is 3. The molecule has 4 N–H and O–H groups in total. The maximum Gasteiger partial charge on any atom is 0.263 e. The second kappa shape index (κ2) is 7.66. The number of nitrogens with zero attached hydrogens (tertiary/aromatic N) is 3. The molecule has 2 aromatic carbocycles. The van der Waals surface area contributed by atoms with Gasteiger partial charge in [-0.1, -0.05) is 49.4 Å². The van der Waals surface area contributed by atoms with Crippen LogP contribution >= 0.6 is 0 Å². The van der Waals surface area contributed by atoms with Gasteiger partial charge in [0.05, 0.1) is 11.9 Å². The highest BCUT2D eigenvalue weighted by Crippen LogP contribution is 2.18. The van der Waals surface area contributed by atoms with Gasteiger partial charge in [0, 0.05) is 12.6 Å². The number of aryl methyl sites for hydroxylation is 1. The van der Waals surface area contributed by atoms with Gasteiger partial charge < -0.3 is 11.1 Å². The molecule has 2 heterocycles. The number of aromatic nitrogens is 4. The van der Waals surface area contributed by atoms with Crippen LogP contribution < -0.4 is 16.6 Å². The molecule has 142 valence electrons. The normalized spacial score (nSPS) is 12.2. The van der Waals surface area contributed by atoms with E-state index in [9.17, 15) is 4.79 Å². The molecule has 0 aliphatic carbocycles. The van der Waals surface area contributed by atoms with Crippen LogP contribution in [0, 0.1) is 0 Å². The van der Waals surface area contributed by atoms with E-state index in [2.05, 4.69) is 33.4 Å². The van der Waals surface area contributed by atoms with Crippen molar-refractivity contribution in [3.05, 3.63) is 82.3 Å². The second-order valence-corrected chi connectivity index (χ2v) is 6.58. The molecule has 0 fully saturated rings. The minimum atomic E-state index is -0.239. The molecule has 1 unspecified atom stereocenters.